The molecule has 1 saturated heterocycles. The van der Waals surface area contributed by atoms with Crippen molar-refractivity contribution in [2.24, 2.45) is 5.92 Å². The summed E-state index contributed by atoms with van der Waals surface area (Å²) in [5.74, 6) is 0.186. The Morgan fingerprint density at radius 1 is 1.13 bits per heavy atom. The number of anilines is 1. The highest BCUT2D eigenvalue weighted by atomic mass is 35.5. The van der Waals surface area contributed by atoms with Gasteiger partial charge in [-0.15, -0.1) is 0 Å². The maximum atomic E-state index is 13.4. The first-order chi connectivity index (χ1) is 14.0. The van der Waals surface area contributed by atoms with Gasteiger partial charge in [-0.1, -0.05) is 24.4 Å². The Bertz CT molecular complexity index is 904. The van der Waals surface area contributed by atoms with Gasteiger partial charge in [-0.3, -0.25) is 4.79 Å². The van der Waals surface area contributed by atoms with Crippen LogP contribution in [0.4, 0.5) is 5.69 Å². The number of piperidine rings is 1. The number of halogens is 1. The van der Waals surface area contributed by atoms with Gasteiger partial charge in [-0.25, -0.2) is 12.7 Å². The molecule has 1 aromatic carbocycles. The van der Waals surface area contributed by atoms with Crippen LogP contribution in [-0.4, -0.2) is 77.4 Å². The number of nitrogens with zero attached hydrogens (tertiary/aromatic N) is 3. The highest BCUT2D eigenvalue weighted by Crippen LogP contribution is 2.36. The van der Waals surface area contributed by atoms with E-state index >= 15 is 0 Å². The minimum Gasteiger partial charge on any atom is -0.377 e. The van der Waals surface area contributed by atoms with Gasteiger partial charge in [0.15, 0.2) is 0 Å². The number of nitrogens with one attached hydrogen (secondary N) is 1. The van der Waals surface area contributed by atoms with Gasteiger partial charge in [0, 0.05) is 46.8 Å². The van der Waals surface area contributed by atoms with E-state index in [0.717, 1.165) is 23.7 Å². The predicted molar refractivity (Wildman–Crippen MR) is 121 cm³/mol. The summed E-state index contributed by atoms with van der Waals surface area (Å²) in [7, 11) is 4.93. The molecule has 7 nitrogen and oxygen atoms in total. The van der Waals surface area contributed by atoms with E-state index in [9.17, 15) is 13.2 Å². The zero-order chi connectivity index (χ0) is 22.2. The second-order valence-corrected chi connectivity index (χ2v) is 11.4. The summed E-state index contributed by atoms with van der Waals surface area (Å²) in [5, 5.41) is 3.34. The largest absolute Gasteiger partial charge is 0.377 e. The normalized spacial score (nSPS) is 25.1. The molecule has 1 aromatic rings. The Morgan fingerprint density at radius 2 is 1.80 bits per heavy atom. The molecule has 2 fully saturated rings. The van der Waals surface area contributed by atoms with Gasteiger partial charge >= 0.3 is 0 Å². The molecular formula is C21H33ClN4O3S. The molecule has 2 aliphatic rings. The van der Waals surface area contributed by atoms with Crippen LogP contribution in [0.1, 0.15) is 42.5 Å². The van der Waals surface area contributed by atoms with Crippen LogP contribution in [0.3, 0.4) is 0 Å². The highest BCUT2D eigenvalue weighted by molar-refractivity contribution is 7.89. The molecule has 3 atom stereocenters. The number of fused-ring (bicyclic) bond motifs is 1. The summed E-state index contributed by atoms with van der Waals surface area (Å²) >= 11 is 6.31. The first-order valence-electron chi connectivity index (χ1n) is 10.5. The molecule has 0 bridgehead atoms. The second kappa shape index (κ2) is 9.02. The van der Waals surface area contributed by atoms with E-state index in [1.165, 1.54) is 39.4 Å². The summed E-state index contributed by atoms with van der Waals surface area (Å²) in [6.45, 7) is 0.952. The van der Waals surface area contributed by atoms with Crippen molar-refractivity contribution in [3.05, 3.63) is 22.7 Å². The van der Waals surface area contributed by atoms with Crippen molar-refractivity contribution in [3.63, 3.8) is 0 Å². The number of amides is 1. The molecule has 1 aliphatic carbocycles. The molecule has 1 N–H and O–H groups in total. The lowest BCUT2D eigenvalue weighted by Gasteiger charge is -2.47. The fourth-order valence-electron chi connectivity index (χ4n) is 4.79. The number of carbonyl (C=O) groups excluding carboxylic acids is 1. The Balaban J connectivity index is 1.94. The molecule has 1 saturated carbocycles. The van der Waals surface area contributed by atoms with E-state index in [0.29, 0.717) is 23.2 Å². The summed E-state index contributed by atoms with van der Waals surface area (Å²) in [6, 6.07) is 3.57. The lowest BCUT2D eigenvalue weighted by atomic mass is 9.75. The molecule has 3 rings (SSSR count). The zero-order valence-electron chi connectivity index (χ0n) is 18.5. The fraction of sp³-hybridized carbons (Fsp3) is 0.667. The molecule has 0 spiro atoms. The number of carbonyl (C=O) groups is 1. The van der Waals surface area contributed by atoms with Crippen molar-refractivity contribution < 1.29 is 13.2 Å². The SMILES string of the molecule is CN(C)c1cc(Cl)c(S(=O)(=O)N(C)C)cc1C(=O)N[C@@H]1CCN(C)[C@@H]2CCCC[C@@H]21. The molecule has 0 unspecified atom stereocenters. The number of rotatable bonds is 5. The lowest BCUT2D eigenvalue weighted by molar-refractivity contribution is 0.0506. The summed E-state index contributed by atoms with van der Waals surface area (Å²) in [5.41, 5.74) is 0.930. The van der Waals surface area contributed by atoms with Crippen molar-refractivity contribution in [2.75, 3.05) is 46.7 Å². The Morgan fingerprint density at radius 3 is 2.43 bits per heavy atom. The fourth-order valence-corrected chi connectivity index (χ4v) is 6.21. The van der Waals surface area contributed by atoms with Crippen molar-refractivity contribution in [2.45, 2.75) is 49.1 Å². The quantitative estimate of drug-likeness (QED) is 0.737. The minimum absolute atomic E-state index is 0.0520. The average molecular weight is 457 g/mol. The third-order valence-electron chi connectivity index (χ3n) is 6.51. The maximum Gasteiger partial charge on any atom is 0.253 e. The van der Waals surface area contributed by atoms with Crippen LogP contribution in [-0.2, 0) is 10.0 Å². The molecule has 1 amide bonds. The molecule has 0 radical (unpaired) electrons. The first-order valence-corrected chi connectivity index (χ1v) is 12.3. The average Bonchev–Trinajstić information content (AvgIpc) is 2.69. The van der Waals surface area contributed by atoms with Gasteiger partial charge < -0.3 is 15.1 Å². The molecule has 1 aliphatic heterocycles. The maximum absolute atomic E-state index is 13.4. The molecular weight excluding hydrogens is 424 g/mol. The Kier molecular flexibility index (Phi) is 7.01. The predicted octanol–water partition coefficient (Wildman–Crippen LogP) is 2.65. The topological polar surface area (TPSA) is 73.0 Å². The smallest absolute Gasteiger partial charge is 0.253 e. The Labute approximate surface area is 185 Å². The first kappa shape index (κ1) is 23.3. The van der Waals surface area contributed by atoms with Crippen LogP contribution >= 0.6 is 11.6 Å². The lowest BCUT2D eigenvalue weighted by Crippen LogP contribution is -2.56. The zero-order valence-corrected chi connectivity index (χ0v) is 20.1. The van der Waals surface area contributed by atoms with E-state index in [-0.39, 0.29) is 21.9 Å². The minimum atomic E-state index is -3.77. The van der Waals surface area contributed by atoms with Crippen molar-refractivity contribution in [1.29, 1.82) is 0 Å². The van der Waals surface area contributed by atoms with E-state index < -0.39 is 10.0 Å². The highest BCUT2D eigenvalue weighted by Gasteiger charge is 2.39. The van der Waals surface area contributed by atoms with Gasteiger partial charge in [0.1, 0.15) is 4.90 Å². The number of benzene rings is 1. The second-order valence-electron chi connectivity index (χ2n) is 8.85. The summed E-state index contributed by atoms with van der Waals surface area (Å²) in [4.78, 5) is 17.5. The van der Waals surface area contributed by atoms with Gasteiger partial charge in [-0.2, -0.15) is 0 Å². The van der Waals surface area contributed by atoms with Crippen LogP contribution in [0.5, 0.6) is 0 Å². The Hall–Kier alpha value is -1.35. The van der Waals surface area contributed by atoms with Gasteiger partial charge in [-0.05, 0) is 44.4 Å². The molecule has 9 heteroatoms. The van der Waals surface area contributed by atoms with Crippen LogP contribution in [0.25, 0.3) is 0 Å². The molecule has 1 heterocycles. The van der Waals surface area contributed by atoms with Gasteiger partial charge in [0.25, 0.3) is 5.91 Å². The van der Waals surface area contributed by atoms with E-state index in [1.54, 1.807) is 11.0 Å². The number of hydrogen-bond donors (Lipinski definition) is 1. The van der Waals surface area contributed by atoms with E-state index in [1.807, 2.05) is 14.1 Å². The van der Waals surface area contributed by atoms with Crippen LogP contribution in [0, 0.1) is 5.92 Å². The van der Waals surface area contributed by atoms with Gasteiger partial charge in [0.05, 0.1) is 16.3 Å². The summed E-state index contributed by atoms with van der Waals surface area (Å²) in [6.07, 6.45) is 5.61. The van der Waals surface area contributed by atoms with Crippen LogP contribution in [0.2, 0.25) is 5.02 Å². The number of hydrogen-bond acceptors (Lipinski definition) is 5. The van der Waals surface area contributed by atoms with Crippen LogP contribution in [0.15, 0.2) is 17.0 Å². The number of sulfonamides is 1. The van der Waals surface area contributed by atoms with Crippen molar-refractivity contribution >= 4 is 33.2 Å². The van der Waals surface area contributed by atoms with Crippen LogP contribution < -0.4 is 10.2 Å². The third kappa shape index (κ3) is 4.47. The molecule has 0 aromatic heterocycles. The van der Waals surface area contributed by atoms with Gasteiger partial charge in [0.2, 0.25) is 10.0 Å². The van der Waals surface area contributed by atoms with E-state index in [4.69, 9.17) is 11.6 Å². The third-order valence-corrected chi connectivity index (χ3v) is 8.79. The number of likely N-dealkylation sites (tertiary alicyclic amines) is 1. The molecule has 30 heavy (non-hydrogen) atoms. The standard InChI is InChI=1S/C21H33ClN4O3S/c1-24(2)19-13-16(22)20(30(28,29)25(3)4)12-15(19)21(27)23-17-10-11-26(5)18-9-7-6-8-14(17)18/h12-14,17-18H,6-11H2,1-5H3,(H,23,27)/t14-,17-,18-/m1/s1. The van der Waals surface area contributed by atoms with Crippen molar-refractivity contribution in [1.82, 2.24) is 14.5 Å². The molecule has 168 valence electrons. The van der Waals surface area contributed by atoms with E-state index in [2.05, 4.69) is 17.3 Å². The van der Waals surface area contributed by atoms with Crippen molar-refractivity contribution in [3.8, 4) is 0 Å². The summed E-state index contributed by atoms with van der Waals surface area (Å²) < 4.78 is 26.5. The monoisotopic (exact) mass is 456 g/mol.